The van der Waals surface area contributed by atoms with Crippen molar-refractivity contribution in [3.63, 3.8) is 0 Å². The monoisotopic (exact) mass is 222 g/mol. The van der Waals surface area contributed by atoms with Crippen molar-refractivity contribution in [3.8, 4) is 0 Å². The van der Waals surface area contributed by atoms with Crippen molar-refractivity contribution in [2.45, 2.75) is 6.92 Å². The van der Waals surface area contributed by atoms with Gasteiger partial charge in [0.2, 0.25) is 0 Å². The number of anilines is 1. The van der Waals surface area contributed by atoms with Gasteiger partial charge in [-0.3, -0.25) is 0 Å². The molecule has 0 aliphatic heterocycles. The average Bonchev–Trinajstić information content (AvgIpc) is 2.59. The van der Waals surface area contributed by atoms with Crippen LogP contribution in [0, 0.1) is 0 Å². The predicted molar refractivity (Wildman–Crippen MR) is 60.7 cm³/mol. The van der Waals surface area contributed by atoms with Crippen LogP contribution in [0.1, 0.15) is 17.3 Å². The van der Waals surface area contributed by atoms with Crippen LogP contribution in [0.15, 0.2) is 18.2 Å². The molecule has 5 heteroatoms. The molecule has 1 aromatic heterocycles. The molecular formula is C10H10N2O2S. The van der Waals surface area contributed by atoms with Gasteiger partial charge in [0.15, 0.2) is 5.13 Å². The summed E-state index contributed by atoms with van der Waals surface area (Å²) in [5.74, 6) is -0.936. The summed E-state index contributed by atoms with van der Waals surface area (Å²) in [5.41, 5.74) is 0.818. The van der Waals surface area contributed by atoms with Gasteiger partial charge in [-0.1, -0.05) is 17.4 Å². The maximum Gasteiger partial charge on any atom is 0.337 e. The first-order valence-corrected chi connectivity index (χ1v) is 5.40. The summed E-state index contributed by atoms with van der Waals surface area (Å²) in [6.45, 7) is 2.76. The van der Waals surface area contributed by atoms with Crippen LogP contribution in [0.4, 0.5) is 5.13 Å². The van der Waals surface area contributed by atoms with Gasteiger partial charge in [-0.05, 0) is 19.1 Å². The van der Waals surface area contributed by atoms with E-state index in [1.54, 1.807) is 12.1 Å². The highest BCUT2D eigenvalue weighted by molar-refractivity contribution is 7.22. The van der Waals surface area contributed by atoms with Gasteiger partial charge in [-0.2, -0.15) is 0 Å². The Morgan fingerprint density at radius 3 is 3.07 bits per heavy atom. The van der Waals surface area contributed by atoms with Crippen molar-refractivity contribution in [2.75, 3.05) is 11.9 Å². The Hall–Kier alpha value is -1.62. The topological polar surface area (TPSA) is 62.2 Å². The SMILES string of the molecule is CCNc1nc2c(C(=O)O)cccc2s1. The van der Waals surface area contributed by atoms with E-state index in [1.807, 2.05) is 13.0 Å². The minimum Gasteiger partial charge on any atom is -0.478 e. The summed E-state index contributed by atoms with van der Waals surface area (Å²) in [5, 5.41) is 12.8. The molecule has 0 spiro atoms. The second-order valence-corrected chi connectivity index (χ2v) is 4.04. The predicted octanol–water partition coefficient (Wildman–Crippen LogP) is 2.43. The number of para-hydroxylation sites is 1. The number of aromatic carboxylic acids is 1. The van der Waals surface area contributed by atoms with Crippen LogP contribution in [0.25, 0.3) is 10.2 Å². The first kappa shape index (κ1) is 9.92. The lowest BCUT2D eigenvalue weighted by atomic mass is 10.2. The standard InChI is InChI=1S/C10H10N2O2S/c1-2-11-10-12-8-6(9(13)14)4-3-5-7(8)15-10/h3-5H,2H2,1H3,(H,11,12)(H,13,14). The molecule has 0 fully saturated rings. The van der Waals surface area contributed by atoms with E-state index >= 15 is 0 Å². The molecule has 1 heterocycles. The summed E-state index contributed by atoms with van der Waals surface area (Å²) >= 11 is 1.47. The van der Waals surface area contributed by atoms with Crippen LogP contribution in [0.5, 0.6) is 0 Å². The van der Waals surface area contributed by atoms with E-state index in [0.29, 0.717) is 5.52 Å². The molecule has 2 aromatic rings. The van der Waals surface area contributed by atoms with Gasteiger partial charge in [0.05, 0.1) is 15.8 Å². The van der Waals surface area contributed by atoms with Gasteiger partial charge in [-0.15, -0.1) is 0 Å². The average molecular weight is 222 g/mol. The Labute approximate surface area is 90.6 Å². The van der Waals surface area contributed by atoms with Crippen LogP contribution in [-0.4, -0.2) is 22.6 Å². The summed E-state index contributed by atoms with van der Waals surface area (Å²) in [6, 6.07) is 5.18. The number of fused-ring (bicyclic) bond motifs is 1. The lowest BCUT2D eigenvalue weighted by Crippen LogP contribution is -1.98. The van der Waals surface area contributed by atoms with Gasteiger partial charge in [0.25, 0.3) is 0 Å². The molecular weight excluding hydrogens is 212 g/mol. The number of nitrogens with one attached hydrogen (secondary N) is 1. The molecule has 0 atom stereocenters. The molecule has 2 N–H and O–H groups in total. The Morgan fingerprint density at radius 1 is 1.60 bits per heavy atom. The molecule has 0 unspecified atom stereocenters. The molecule has 0 radical (unpaired) electrons. The Balaban J connectivity index is 2.59. The maximum atomic E-state index is 10.9. The fourth-order valence-corrected chi connectivity index (χ4v) is 2.31. The van der Waals surface area contributed by atoms with Crippen molar-refractivity contribution >= 4 is 32.7 Å². The molecule has 0 amide bonds. The zero-order chi connectivity index (χ0) is 10.8. The highest BCUT2D eigenvalue weighted by Gasteiger charge is 2.12. The lowest BCUT2D eigenvalue weighted by Gasteiger charge is -1.94. The van der Waals surface area contributed by atoms with E-state index in [0.717, 1.165) is 16.4 Å². The van der Waals surface area contributed by atoms with Gasteiger partial charge in [0.1, 0.15) is 0 Å². The normalized spacial score (nSPS) is 10.5. The molecule has 1 aromatic carbocycles. The van der Waals surface area contributed by atoms with Crippen LogP contribution in [-0.2, 0) is 0 Å². The minimum absolute atomic E-state index is 0.257. The summed E-state index contributed by atoms with van der Waals surface area (Å²) in [4.78, 5) is 15.2. The van der Waals surface area contributed by atoms with Gasteiger partial charge in [-0.25, -0.2) is 9.78 Å². The van der Waals surface area contributed by atoms with Crippen molar-refractivity contribution in [2.24, 2.45) is 0 Å². The second kappa shape index (κ2) is 3.86. The maximum absolute atomic E-state index is 10.9. The van der Waals surface area contributed by atoms with Crippen LogP contribution >= 0.6 is 11.3 Å². The molecule has 0 bridgehead atoms. The third-order valence-electron chi connectivity index (χ3n) is 1.98. The number of carbonyl (C=O) groups is 1. The quantitative estimate of drug-likeness (QED) is 0.837. The fourth-order valence-electron chi connectivity index (χ4n) is 1.35. The number of carboxylic acid groups (broad SMARTS) is 1. The number of nitrogens with zero attached hydrogens (tertiary/aromatic N) is 1. The van der Waals surface area contributed by atoms with E-state index in [9.17, 15) is 4.79 Å². The molecule has 0 saturated heterocycles. The smallest absolute Gasteiger partial charge is 0.337 e. The number of thiazole rings is 1. The van der Waals surface area contributed by atoms with Crippen molar-refractivity contribution in [1.82, 2.24) is 4.98 Å². The van der Waals surface area contributed by atoms with Gasteiger partial charge in [0, 0.05) is 6.54 Å². The number of hydrogen-bond donors (Lipinski definition) is 2. The molecule has 0 aliphatic carbocycles. The molecule has 4 nitrogen and oxygen atoms in total. The van der Waals surface area contributed by atoms with Crippen LogP contribution in [0.2, 0.25) is 0 Å². The van der Waals surface area contributed by atoms with Crippen LogP contribution in [0.3, 0.4) is 0 Å². The van der Waals surface area contributed by atoms with Crippen molar-refractivity contribution in [1.29, 1.82) is 0 Å². The third kappa shape index (κ3) is 1.78. The van der Waals surface area contributed by atoms with E-state index in [4.69, 9.17) is 5.11 Å². The van der Waals surface area contributed by atoms with Crippen molar-refractivity contribution < 1.29 is 9.90 Å². The molecule has 0 saturated carbocycles. The minimum atomic E-state index is -0.936. The van der Waals surface area contributed by atoms with Crippen molar-refractivity contribution in [3.05, 3.63) is 23.8 Å². The second-order valence-electron chi connectivity index (χ2n) is 3.01. The molecule has 15 heavy (non-hydrogen) atoms. The molecule has 2 rings (SSSR count). The first-order valence-electron chi connectivity index (χ1n) is 4.59. The first-order chi connectivity index (χ1) is 7.22. The zero-order valence-electron chi connectivity index (χ0n) is 8.15. The molecule has 78 valence electrons. The Kier molecular flexibility index (Phi) is 2.55. The van der Waals surface area contributed by atoms with Crippen LogP contribution < -0.4 is 5.32 Å². The summed E-state index contributed by atoms with van der Waals surface area (Å²) in [7, 11) is 0. The number of hydrogen-bond acceptors (Lipinski definition) is 4. The Morgan fingerprint density at radius 2 is 2.40 bits per heavy atom. The zero-order valence-corrected chi connectivity index (χ0v) is 8.97. The number of aromatic nitrogens is 1. The number of carboxylic acids is 1. The van der Waals surface area contributed by atoms with Gasteiger partial charge >= 0.3 is 5.97 Å². The van der Waals surface area contributed by atoms with E-state index < -0.39 is 5.97 Å². The largest absolute Gasteiger partial charge is 0.478 e. The van der Waals surface area contributed by atoms with Gasteiger partial charge < -0.3 is 10.4 Å². The lowest BCUT2D eigenvalue weighted by molar-refractivity contribution is 0.0699. The highest BCUT2D eigenvalue weighted by Crippen LogP contribution is 2.27. The van der Waals surface area contributed by atoms with E-state index in [2.05, 4.69) is 10.3 Å². The Bertz CT molecular complexity index is 507. The third-order valence-corrected chi connectivity index (χ3v) is 2.96. The van der Waals surface area contributed by atoms with E-state index in [1.165, 1.54) is 11.3 Å². The number of rotatable bonds is 3. The summed E-state index contributed by atoms with van der Waals surface area (Å²) < 4.78 is 0.894. The van der Waals surface area contributed by atoms with E-state index in [-0.39, 0.29) is 5.56 Å². The summed E-state index contributed by atoms with van der Waals surface area (Å²) in [6.07, 6.45) is 0. The fraction of sp³-hybridized carbons (Fsp3) is 0.200. The highest BCUT2D eigenvalue weighted by atomic mass is 32.1. The molecule has 0 aliphatic rings. The number of benzene rings is 1.